The van der Waals surface area contributed by atoms with E-state index in [1.165, 1.54) is 0 Å². The van der Waals surface area contributed by atoms with Crippen LogP contribution in [-0.2, 0) is 14.6 Å². The van der Waals surface area contributed by atoms with E-state index in [0.29, 0.717) is 13.1 Å². The predicted molar refractivity (Wildman–Crippen MR) is 82.0 cm³/mol. The van der Waals surface area contributed by atoms with Crippen molar-refractivity contribution in [3.63, 3.8) is 0 Å². The van der Waals surface area contributed by atoms with Crippen molar-refractivity contribution in [1.82, 2.24) is 4.90 Å². The average molecular weight is 317 g/mol. The summed E-state index contributed by atoms with van der Waals surface area (Å²) in [5, 5.41) is -0.145. The van der Waals surface area contributed by atoms with Crippen LogP contribution in [0.1, 0.15) is 52.9 Å². The van der Waals surface area contributed by atoms with Crippen molar-refractivity contribution < 1.29 is 17.9 Å². The quantitative estimate of drug-likeness (QED) is 0.802. The SMILES string of the molecule is CC(C)(C)OC(=O)N1CC[C@H](CS(=O)(=O)C2CCCC2)C1. The van der Waals surface area contributed by atoms with Crippen LogP contribution in [0.4, 0.5) is 4.79 Å². The normalized spacial score (nSPS) is 24.5. The van der Waals surface area contributed by atoms with Gasteiger partial charge in [0, 0.05) is 13.1 Å². The molecule has 0 aromatic heterocycles. The minimum atomic E-state index is -3.01. The molecule has 2 fully saturated rings. The highest BCUT2D eigenvalue weighted by molar-refractivity contribution is 7.92. The molecule has 1 amide bonds. The zero-order chi connectivity index (χ0) is 15.7. The predicted octanol–water partition coefficient (Wildman–Crippen LogP) is 2.60. The minimum absolute atomic E-state index is 0.0584. The van der Waals surface area contributed by atoms with E-state index in [-0.39, 0.29) is 23.0 Å². The van der Waals surface area contributed by atoms with Crippen LogP contribution in [0.15, 0.2) is 0 Å². The molecule has 1 saturated carbocycles. The van der Waals surface area contributed by atoms with E-state index in [1.807, 2.05) is 20.8 Å². The summed E-state index contributed by atoms with van der Waals surface area (Å²) < 4.78 is 30.1. The van der Waals surface area contributed by atoms with Crippen molar-refractivity contribution in [3.8, 4) is 0 Å². The third-order valence-electron chi connectivity index (χ3n) is 4.22. The van der Waals surface area contributed by atoms with E-state index in [4.69, 9.17) is 4.74 Å². The van der Waals surface area contributed by atoms with Gasteiger partial charge >= 0.3 is 6.09 Å². The summed E-state index contributed by atoms with van der Waals surface area (Å²) in [6, 6.07) is 0. The van der Waals surface area contributed by atoms with Gasteiger partial charge in [-0.25, -0.2) is 13.2 Å². The summed E-state index contributed by atoms with van der Waals surface area (Å²) in [5.74, 6) is 0.278. The molecule has 0 aromatic carbocycles. The molecule has 6 heteroatoms. The van der Waals surface area contributed by atoms with Gasteiger partial charge in [0.2, 0.25) is 0 Å². The zero-order valence-corrected chi connectivity index (χ0v) is 14.1. The van der Waals surface area contributed by atoms with Crippen molar-refractivity contribution >= 4 is 15.9 Å². The van der Waals surface area contributed by atoms with Gasteiger partial charge in [-0.3, -0.25) is 0 Å². The molecule has 0 bridgehead atoms. The first-order chi connectivity index (χ1) is 9.67. The largest absolute Gasteiger partial charge is 0.444 e. The first kappa shape index (κ1) is 16.6. The molecule has 1 aliphatic heterocycles. The number of hydrogen-bond acceptors (Lipinski definition) is 4. The molecule has 1 saturated heterocycles. The Labute approximate surface area is 127 Å². The standard InChI is InChI=1S/C15H27NO4S/c1-15(2,3)20-14(17)16-9-8-12(10-16)11-21(18,19)13-6-4-5-7-13/h12-13H,4-11H2,1-3H3/t12-/m0/s1. The van der Waals surface area contributed by atoms with Gasteiger partial charge in [-0.05, 0) is 46.0 Å². The molecule has 122 valence electrons. The molecular weight excluding hydrogens is 290 g/mol. The van der Waals surface area contributed by atoms with Gasteiger partial charge in [-0.2, -0.15) is 0 Å². The van der Waals surface area contributed by atoms with E-state index < -0.39 is 15.4 Å². The summed E-state index contributed by atoms with van der Waals surface area (Å²) in [5.41, 5.74) is -0.509. The Kier molecular flexibility index (Phi) is 4.85. The molecular formula is C15H27NO4S. The van der Waals surface area contributed by atoms with Gasteiger partial charge in [-0.15, -0.1) is 0 Å². The lowest BCUT2D eigenvalue weighted by atomic mass is 10.2. The number of carbonyl (C=O) groups excluding carboxylic acids is 1. The molecule has 2 aliphatic rings. The maximum absolute atomic E-state index is 12.4. The van der Waals surface area contributed by atoms with E-state index in [9.17, 15) is 13.2 Å². The number of carbonyl (C=O) groups is 1. The van der Waals surface area contributed by atoms with Crippen molar-refractivity contribution in [2.75, 3.05) is 18.8 Å². The average Bonchev–Trinajstić information content (AvgIpc) is 2.95. The molecule has 1 atom stereocenters. The van der Waals surface area contributed by atoms with Crippen LogP contribution in [0.25, 0.3) is 0 Å². The fraction of sp³-hybridized carbons (Fsp3) is 0.933. The Morgan fingerprint density at radius 1 is 1.19 bits per heavy atom. The van der Waals surface area contributed by atoms with Crippen molar-refractivity contribution in [3.05, 3.63) is 0 Å². The van der Waals surface area contributed by atoms with E-state index in [1.54, 1.807) is 4.90 Å². The third-order valence-corrected chi connectivity index (χ3v) is 6.64. The van der Waals surface area contributed by atoms with Crippen LogP contribution in [0.3, 0.4) is 0 Å². The van der Waals surface area contributed by atoms with E-state index in [0.717, 1.165) is 32.1 Å². The summed E-state index contributed by atoms with van der Waals surface area (Å²) in [6.07, 6.45) is 4.10. The Morgan fingerprint density at radius 3 is 2.38 bits per heavy atom. The van der Waals surface area contributed by atoms with Gasteiger partial charge in [0.1, 0.15) is 5.60 Å². The molecule has 5 nitrogen and oxygen atoms in total. The second kappa shape index (κ2) is 6.15. The molecule has 0 unspecified atom stereocenters. The summed E-state index contributed by atoms with van der Waals surface area (Å²) in [6.45, 7) is 6.61. The van der Waals surface area contributed by atoms with Gasteiger partial charge < -0.3 is 9.64 Å². The molecule has 1 aliphatic carbocycles. The third kappa shape index (κ3) is 4.59. The Hall–Kier alpha value is -0.780. The molecule has 0 N–H and O–H groups in total. The highest BCUT2D eigenvalue weighted by atomic mass is 32.2. The second-order valence-corrected chi connectivity index (χ2v) is 9.64. The lowest BCUT2D eigenvalue weighted by Gasteiger charge is -2.24. The maximum Gasteiger partial charge on any atom is 0.410 e. The number of rotatable bonds is 3. The number of sulfone groups is 1. The van der Waals surface area contributed by atoms with Crippen LogP contribution >= 0.6 is 0 Å². The smallest absolute Gasteiger partial charge is 0.410 e. The van der Waals surface area contributed by atoms with Gasteiger partial charge in [0.15, 0.2) is 9.84 Å². The first-order valence-corrected chi connectivity index (χ1v) is 9.58. The van der Waals surface area contributed by atoms with E-state index >= 15 is 0 Å². The van der Waals surface area contributed by atoms with E-state index in [2.05, 4.69) is 0 Å². The van der Waals surface area contributed by atoms with Crippen LogP contribution in [0.2, 0.25) is 0 Å². The summed E-state index contributed by atoms with van der Waals surface area (Å²) in [4.78, 5) is 13.6. The Balaban J connectivity index is 1.86. The van der Waals surface area contributed by atoms with Gasteiger partial charge in [0.05, 0.1) is 11.0 Å². The highest BCUT2D eigenvalue weighted by Crippen LogP contribution is 2.28. The van der Waals surface area contributed by atoms with Gasteiger partial charge in [0.25, 0.3) is 0 Å². The van der Waals surface area contributed by atoms with Crippen LogP contribution in [0, 0.1) is 5.92 Å². The van der Waals surface area contributed by atoms with Crippen molar-refractivity contribution in [2.45, 2.75) is 63.7 Å². The lowest BCUT2D eigenvalue weighted by Crippen LogP contribution is -2.36. The fourth-order valence-electron chi connectivity index (χ4n) is 3.17. The summed E-state index contributed by atoms with van der Waals surface area (Å²) in [7, 11) is -3.01. The molecule has 0 aromatic rings. The number of likely N-dealkylation sites (tertiary alicyclic amines) is 1. The van der Waals surface area contributed by atoms with Crippen molar-refractivity contribution in [2.24, 2.45) is 5.92 Å². The molecule has 0 radical (unpaired) electrons. The van der Waals surface area contributed by atoms with Gasteiger partial charge in [-0.1, -0.05) is 12.8 Å². The first-order valence-electron chi connectivity index (χ1n) is 7.87. The maximum atomic E-state index is 12.4. The number of hydrogen-bond donors (Lipinski definition) is 0. The molecule has 0 spiro atoms. The number of ether oxygens (including phenoxy) is 1. The molecule has 2 rings (SSSR count). The molecule has 1 heterocycles. The molecule has 21 heavy (non-hydrogen) atoms. The number of nitrogens with zero attached hydrogens (tertiary/aromatic N) is 1. The van der Waals surface area contributed by atoms with Crippen LogP contribution in [-0.4, -0.2) is 49.1 Å². The lowest BCUT2D eigenvalue weighted by molar-refractivity contribution is 0.0289. The second-order valence-electron chi connectivity index (χ2n) is 7.32. The zero-order valence-electron chi connectivity index (χ0n) is 13.3. The topological polar surface area (TPSA) is 63.7 Å². The minimum Gasteiger partial charge on any atom is -0.444 e. The van der Waals surface area contributed by atoms with Crippen molar-refractivity contribution in [1.29, 1.82) is 0 Å². The Bertz CT molecular complexity index is 474. The van der Waals surface area contributed by atoms with Crippen LogP contribution in [0.5, 0.6) is 0 Å². The monoisotopic (exact) mass is 317 g/mol. The number of amides is 1. The summed E-state index contributed by atoms with van der Waals surface area (Å²) >= 11 is 0. The highest BCUT2D eigenvalue weighted by Gasteiger charge is 2.35. The van der Waals surface area contributed by atoms with Crippen LogP contribution < -0.4 is 0 Å². The Morgan fingerprint density at radius 2 is 1.81 bits per heavy atom. The fourth-order valence-corrected chi connectivity index (χ4v) is 5.43.